The number of hydrogen-bond acceptors (Lipinski definition) is 3. The normalized spacial score (nSPS) is 17.8. The molecule has 122 valence electrons. The van der Waals surface area contributed by atoms with Gasteiger partial charge in [-0.25, -0.2) is 4.79 Å². The minimum absolute atomic E-state index is 0.0905. The Morgan fingerprint density at radius 3 is 2.43 bits per heavy atom. The van der Waals surface area contributed by atoms with Crippen molar-refractivity contribution in [2.45, 2.75) is 52.6 Å². The molecular weight excluding hydrogens is 272 g/mol. The maximum absolute atomic E-state index is 12.0. The molecule has 0 radical (unpaired) electrons. The highest BCUT2D eigenvalue weighted by Gasteiger charge is 2.37. The topological polar surface area (TPSA) is 78.9 Å². The van der Waals surface area contributed by atoms with Crippen LogP contribution in [0.1, 0.15) is 46.5 Å². The highest BCUT2D eigenvalue weighted by atomic mass is 16.5. The van der Waals surface area contributed by atoms with Crippen molar-refractivity contribution < 1.29 is 19.4 Å². The molecule has 0 aromatic carbocycles. The van der Waals surface area contributed by atoms with Gasteiger partial charge in [-0.05, 0) is 46.5 Å². The Balaban J connectivity index is 2.15. The lowest BCUT2D eigenvalue weighted by Crippen LogP contribution is -2.48. The molecule has 0 spiro atoms. The number of aliphatic carboxylic acids is 1. The molecule has 0 bridgehead atoms. The average molecular weight is 300 g/mol. The third-order valence-electron chi connectivity index (χ3n) is 3.97. The Labute approximate surface area is 126 Å². The number of nitrogens with one attached hydrogen (secondary N) is 1. The van der Waals surface area contributed by atoms with Crippen LogP contribution in [-0.4, -0.2) is 54.4 Å². The molecule has 2 N–H and O–H groups in total. The second kappa shape index (κ2) is 8.22. The van der Waals surface area contributed by atoms with Crippen molar-refractivity contribution in [1.82, 2.24) is 10.2 Å². The summed E-state index contributed by atoms with van der Waals surface area (Å²) in [4.78, 5) is 24.8. The summed E-state index contributed by atoms with van der Waals surface area (Å²) in [6.45, 7) is 8.11. The summed E-state index contributed by atoms with van der Waals surface area (Å²) in [6.07, 6.45) is 3.08. The molecule has 6 nitrogen and oxygen atoms in total. The van der Waals surface area contributed by atoms with E-state index in [1.807, 2.05) is 13.8 Å². The molecule has 0 aromatic rings. The van der Waals surface area contributed by atoms with Crippen molar-refractivity contribution in [2.75, 3.05) is 26.2 Å². The molecule has 1 rings (SSSR count). The first kappa shape index (κ1) is 17.8. The summed E-state index contributed by atoms with van der Waals surface area (Å²) in [5.41, 5.74) is -0.690. The summed E-state index contributed by atoms with van der Waals surface area (Å²) in [5.74, 6) is -0.771. The van der Waals surface area contributed by atoms with Crippen LogP contribution in [0.3, 0.4) is 0 Å². The third-order valence-corrected chi connectivity index (χ3v) is 3.97. The number of nitrogens with zero attached hydrogens (tertiary/aromatic N) is 1. The molecule has 0 unspecified atom stereocenters. The summed E-state index contributed by atoms with van der Waals surface area (Å²) in [7, 11) is 0. The molecule has 0 saturated carbocycles. The van der Waals surface area contributed by atoms with Crippen LogP contribution in [0.2, 0.25) is 0 Å². The minimum Gasteiger partial charge on any atom is -0.481 e. The van der Waals surface area contributed by atoms with E-state index in [0.717, 1.165) is 12.8 Å². The zero-order valence-corrected chi connectivity index (χ0v) is 13.4. The number of amides is 2. The second-order valence-electron chi connectivity index (χ2n) is 6.21. The molecule has 1 heterocycles. The molecule has 1 aliphatic heterocycles. The second-order valence-corrected chi connectivity index (χ2v) is 6.21. The molecule has 1 aliphatic rings. The van der Waals surface area contributed by atoms with E-state index in [1.54, 1.807) is 11.8 Å². The third kappa shape index (κ3) is 5.91. The quantitative estimate of drug-likeness (QED) is 0.706. The summed E-state index contributed by atoms with van der Waals surface area (Å²) in [6, 6.07) is -0.0905. The van der Waals surface area contributed by atoms with Crippen molar-refractivity contribution in [3.63, 3.8) is 0 Å². The fourth-order valence-electron chi connectivity index (χ4n) is 2.27. The Morgan fingerprint density at radius 2 is 1.90 bits per heavy atom. The van der Waals surface area contributed by atoms with E-state index < -0.39 is 11.4 Å². The number of ether oxygens (including phenoxy) is 1. The lowest BCUT2D eigenvalue weighted by molar-refractivity contribution is -0.150. The lowest BCUT2D eigenvalue weighted by atomic mass is 9.80. The average Bonchev–Trinajstić information content (AvgIpc) is 2.42. The van der Waals surface area contributed by atoms with Gasteiger partial charge in [0.1, 0.15) is 0 Å². The minimum atomic E-state index is -0.771. The molecule has 6 heteroatoms. The van der Waals surface area contributed by atoms with Gasteiger partial charge in [0, 0.05) is 26.2 Å². The van der Waals surface area contributed by atoms with Gasteiger partial charge in [0.25, 0.3) is 0 Å². The molecule has 21 heavy (non-hydrogen) atoms. The zero-order valence-electron chi connectivity index (χ0n) is 13.4. The fourth-order valence-corrected chi connectivity index (χ4v) is 2.27. The van der Waals surface area contributed by atoms with Gasteiger partial charge >= 0.3 is 12.0 Å². The molecular formula is C15H28N2O4. The molecule has 0 aliphatic carbocycles. The molecule has 0 aromatic heterocycles. The van der Waals surface area contributed by atoms with E-state index in [-0.39, 0.29) is 12.1 Å². The Bertz CT molecular complexity index is 350. The maximum Gasteiger partial charge on any atom is 0.317 e. The zero-order chi connectivity index (χ0) is 15.9. The van der Waals surface area contributed by atoms with Gasteiger partial charge in [-0.15, -0.1) is 0 Å². The Hall–Kier alpha value is -1.30. The summed E-state index contributed by atoms with van der Waals surface area (Å²) < 4.78 is 5.43. The van der Waals surface area contributed by atoms with E-state index in [0.29, 0.717) is 39.1 Å². The largest absolute Gasteiger partial charge is 0.481 e. The van der Waals surface area contributed by atoms with Crippen molar-refractivity contribution in [2.24, 2.45) is 5.41 Å². The number of carboxylic acids is 1. The van der Waals surface area contributed by atoms with Gasteiger partial charge in [0.05, 0.1) is 11.5 Å². The molecule has 2 amide bonds. The highest BCUT2D eigenvalue weighted by Crippen LogP contribution is 2.30. The number of rotatable bonds is 7. The van der Waals surface area contributed by atoms with E-state index in [1.165, 1.54) is 0 Å². The maximum atomic E-state index is 12.0. The van der Waals surface area contributed by atoms with Gasteiger partial charge in [-0.1, -0.05) is 0 Å². The van der Waals surface area contributed by atoms with Gasteiger partial charge in [0.15, 0.2) is 0 Å². The van der Waals surface area contributed by atoms with Crippen LogP contribution in [0.4, 0.5) is 4.79 Å². The predicted octanol–water partition coefficient (Wildman–Crippen LogP) is 2.09. The van der Waals surface area contributed by atoms with Crippen LogP contribution in [0.5, 0.6) is 0 Å². The van der Waals surface area contributed by atoms with Crippen LogP contribution in [0, 0.1) is 5.41 Å². The van der Waals surface area contributed by atoms with Gasteiger partial charge in [-0.3, -0.25) is 4.79 Å². The van der Waals surface area contributed by atoms with Crippen LogP contribution in [-0.2, 0) is 9.53 Å². The number of unbranched alkanes of at least 4 members (excludes halogenated alkanes) is 1. The first-order valence-electron chi connectivity index (χ1n) is 7.73. The van der Waals surface area contributed by atoms with Crippen molar-refractivity contribution in [3.8, 4) is 0 Å². The van der Waals surface area contributed by atoms with Crippen LogP contribution >= 0.6 is 0 Å². The number of carboxylic acid groups (broad SMARTS) is 1. The predicted molar refractivity (Wildman–Crippen MR) is 80.3 cm³/mol. The summed E-state index contributed by atoms with van der Waals surface area (Å²) in [5, 5.41) is 12.0. The van der Waals surface area contributed by atoms with Crippen LogP contribution in [0.25, 0.3) is 0 Å². The Kier molecular flexibility index (Phi) is 6.95. The Morgan fingerprint density at radius 1 is 1.29 bits per heavy atom. The van der Waals surface area contributed by atoms with Gasteiger partial charge in [0.2, 0.25) is 0 Å². The van der Waals surface area contributed by atoms with Crippen LogP contribution < -0.4 is 5.32 Å². The highest BCUT2D eigenvalue weighted by molar-refractivity contribution is 5.76. The number of hydrogen-bond donors (Lipinski definition) is 2. The van der Waals surface area contributed by atoms with Gasteiger partial charge < -0.3 is 20.1 Å². The van der Waals surface area contributed by atoms with E-state index in [2.05, 4.69) is 5.32 Å². The monoisotopic (exact) mass is 300 g/mol. The first-order valence-corrected chi connectivity index (χ1v) is 7.73. The molecule has 0 atom stereocenters. The first-order chi connectivity index (χ1) is 9.85. The van der Waals surface area contributed by atoms with Crippen LogP contribution in [0.15, 0.2) is 0 Å². The van der Waals surface area contributed by atoms with E-state index >= 15 is 0 Å². The number of carbonyl (C=O) groups is 2. The number of urea groups is 1. The SMILES string of the molecule is CC(C)OCCCCNC(=O)N1CCC(C)(C(=O)O)CC1. The fraction of sp³-hybridized carbons (Fsp3) is 0.867. The number of carbonyl (C=O) groups excluding carboxylic acids is 1. The van der Waals surface area contributed by atoms with Crippen molar-refractivity contribution >= 4 is 12.0 Å². The van der Waals surface area contributed by atoms with Crippen molar-refractivity contribution in [3.05, 3.63) is 0 Å². The standard InChI is InChI=1S/C15H28N2O4/c1-12(2)21-11-5-4-8-16-14(20)17-9-6-15(3,7-10-17)13(18)19/h12H,4-11H2,1-3H3,(H,16,20)(H,18,19). The smallest absolute Gasteiger partial charge is 0.317 e. The van der Waals surface area contributed by atoms with E-state index in [9.17, 15) is 9.59 Å². The molecule has 1 fully saturated rings. The van der Waals surface area contributed by atoms with Crippen molar-refractivity contribution in [1.29, 1.82) is 0 Å². The van der Waals surface area contributed by atoms with Gasteiger partial charge in [-0.2, -0.15) is 0 Å². The lowest BCUT2D eigenvalue weighted by Gasteiger charge is -2.36. The number of likely N-dealkylation sites (tertiary alicyclic amines) is 1. The molecule has 1 saturated heterocycles. The number of piperidine rings is 1. The van der Waals surface area contributed by atoms with E-state index in [4.69, 9.17) is 9.84 Å². The summed E-state index contributed by atoms with van der Waals surface area (Å²) >= 11 is 0.